The van der Waals surface area contributed by atoms with E-state index in [1.165, 1.54) is 12.1 Å². The molecule has 2 rings (SSSR count). The predicted octanol–water partition coefficient (Wildman–Crippen LogP) is 3.37. The minimum atomic E-state index is -0.789. The van der Waals surface area contributed by atoms with Crippen LogP contribution in [0.1, 0.15) is 29.8 Å². The van der Waals surface area contributed by atoms with E-state index in [2.05, 4.69) is 10.6 Å². The van der Waals surface area contributed by atoms with Crippen molar-refractivity contribution >= 4 is 29.1 Å². The summed E-state index contributed by atoms with van der Waals surface area (Å²) in [6, 6.07) is 10.5. The number of ether oxygens (including phenoxy) is 1. The minimum absolute atomic E-state index is 0.0581. The van der Waals surface area contributed by atoms with E-state index in [0.717, 1.165) is 17.4 Å². The Morgan fingerprint density at radius 2 is 1.83 bits per heavy atom. The summed E-state index contributed by atoms with van der Waals surface area (Å²) in [4.78, 5) is 35.5. The second kappa shape index (κ2) is 10.6. The summed E-state index contributed by atoms with van der Waals surface area (Å²) in [5, 5.41) is 16.4. The standard InChI is InChI=1S/C21H24ClN3O5/c1-13(2)19(21(27)23-11-10-14-4-7-16(30-3)8-5-14)24-20(26)15-6-9-17(22)18(12-15)25(28)29/h4-9,12-13,19H,10-11H2,1-3H3,(H,23,27)(H,24,26)/t19-/m0/s1. The molecule has 2 aromatic rings. The Morgan fingerprint density at radius 1 is 1.17 bits per heavy atom. The van der Waals surface area contributed by atoms with Gasteiger partial charge in [0.15, 0.2) is 0 Å². The minimum Gasteiger partial charge on any atom is -0.497 e. The maximum absolute atomic E-state index is 12.6. The third-order valence-corrected chi connectivity index (χ3v) is 4.83. The van der Waals surface area contributed by atoms with Crippen LogP contribution in [0.5, 0.6) is 5.75 Å². The number of amides is 2. The number of carbonyl (C=O) groups excluding carboxylic acids is 2. The van der Waals surface area contributed by atoms with E-state index in [1.807, 2.05) is 24.3 Å². The van der Waals surface area contributed by atoms with E-state index in [4.69, 9.17) is 16.3 Å². The lowest BCUT2D eigenvalue weighted by molar-refractivity contribution is -0.384. The molecule has 0 heterocycles. The lowest BCUT2D eigenvalue weighted by atomic mass is 10.0. The number of nitro groups is 1. The van der Waals surface area contributed by atoms with Gasteiger partial charge in [0.25, 0.3) is 11.6 Å². The van der Waals surface area contributed by atoms with Crippen molar-refractivity contribution in [1.82, 2.24) is 10.6 Å². The summed E-state index contributed by atoms with van der Waals surface area (Å²) in [6.07, 6.45) is 0.623. The Balaban J connectivity index is 1.98. The first-order valence-corrected chi connectivity index (χ1v) is 9.76. The van der Waals surface area contributed by atoms with Crippen molar-refractivity contribution in [3.63, 3.8) is 0 Å². The largest absolute Gasteiger partial charge is 0.497 e. The molecule has 0 aliphatic rings. The fourth-order valence-electron chi connectivity index (χ4n) is 2.79. The molecule has 9 heteroatoms. The zero-order valence-electron chi connectivity index (χ0n) is 17.0. The maximum atomic E-state index is 12.6. The number of rotatable bonds is 9. The highest BCUT2D eigenvalue weighted by atomic mass is 35.5. The highest BCUT2D eigenvalue weighted by Gasteiger charge is 2.25. The van der Waals surface area contributed by atoms with Crippen molar-refractivity contribution in [3.05, 3.63) is 68.7 Å². The van der Waals surface area contributed by atoms with E-state index in [-0.39, 0.29) is 28.1 Å². The molecule has 30 heavy (non-hydrogen) atoms. The van der Waals surface area contributed by atoms with Gasteiger partial charge in [0.1, 0.15) is 16.8 Å². The van der Waals surface area contributed by atoms with Gasteiger partial charge in [0.05, 0.1) is 12.0 Å². The first-order chi connectivity index (χ1) is 14.2. The van der Waals surface area contributed by atoms with Gasteiger partial charge in [-0.2, -0.15) is 0 Å². The van der Waals surface area contributed by atoms with Gasteiger partial charge in [-0.15, -0.1) is 0 Å². The second-order valence-electron chi connectivity index (χ2n) is 7.01. The van der Waals surface area contributed by atoms with Crippen molar-refractivity contribution in [2.24, 2.45) is 5.92 Å². The fraction of sp³-hybridized carbons (Fsp3) is 0.333. The molecule has 0 spiro atoms. The molecule has 0 aliphatic carbocycles. The summed E-state index contributed by atoms with van der Waals surface area (Å²) >= 11 is 5.78. The number of benzene rings is 2. The number of hydrogen-bond acceptors (Lipinski definition) is 5. The smallest absolute Gasteiger partial charge is 0.288 e. The quantitative estimate of drug-likeness (QED) is 0.465. The SMILES string of the molecule is COc1ccc(CCNC(=O)[C@@H](NC(=O)c2ccc(Cl)c([N+](=O)[O-])c2)C(C)C)cc1. The average molecular weight is 434 g/mol. The molecular weight excluding hydrogens is 410 g/mol. The Hall–Kier alpha value is -3.13. The average Bonchev–Trinajstić information content (AvgIpc) is 2.72. The molecule has 0 fully saturated rings. The van der Waals surface area contributed by atoms with Crippen LogP contribution in [0.15, 0.2) is 42.5 Å². The van der Waals surface area contributed by atoms with Crippen LogP contribution in [0.3, 0.4) is 0 Å². The molecule has 0 unspecified atom stereocenters. The van der Waals surface area contributed by atoms with Crippen LogP contribution in [0.2, 0.25) is 5.02 Å². The first kappa shape index (κ1) is 23.2. The zero-order chi connectivity index (χ0) is 22.3. The molecule has 0 saturated carbocycles. The van der Waals surface area contributed by atoms with Crippen molar-refractivity contribution in [2.45, 2.75) is 26.3 Å². The van der Waals surface area contributed by atoms with E-state index in [1.54, 1.807) is 21.0 Å². The van der Waals surface area contributed by atoms with Gasteiger partial charge in [-0.25, -0.2) is 0 Å². The predicted molar refractivity (Wildman–Crippen MR) is 114 cm³/mol. The Kier molecular flexibility index (Phi) is 8.17. The lowest BCUT2D eigenvalue weighted by Gasteiger charge is -2.22. The van der Waals surface area contributed by atoms with Gasteiger partial charge in [-0.1, -0.05) is 37.6 Å². The van der Waals surface area contributed by atoms with Crippen LogP contribution in [0.4, 0.5) is 5.69 Å². The molecular formula is C21H24ClN3O5. The van der Waals surface area contributed by atoms with E-state index < -0.39 is 16.9 Å². The monoisotopic (exact) mass is 433 g/mol. The second-order valence-corrected chi connectivity index (χ2v) is 7.41. The van der Waals surface area contributed by atoms with Crippen molar-refractivity contribution < 1.29 is 19.2 Å². The van der Waals surface area contributed by atoms with Crippen molar-refractivity contribution in [1.29, 1.82) is 0 Å². The van der Waals surface area contributed by atoms with Crippen LogP contribution < -0.4 is 15.4 Å². The van der Waals surface area contributed by atoms with Crippen LogP contribution in [0, 0.1) is 16.0 Å². The first-order valence-electron chi connectivity index (χ1n) is 9.38. The summed E-state index contributed by atoms with van der Waals surface area (Å²) in [5.74, 6) is -0.334. The summed E-state index contributed by atoms with van der Waals surface area (Å²) in [6.45, 7) is 4.01. The molecule has 0 aliphatic heterocycles. The normalized spacial score (nSPS) is 11.6. The maximum Gasteiger partial charge on any atom is 0.288 e. The fourth-order valence-corrected chi connectivity index (χ4v) is 2.97. The topological polar surface area (TPSA) is 111 Å². The highest BCUT2D eigenvalue weighted by Crippen LogP contribution is 2.25. The van der Waals surface area contributed by atoms with Crippen molar-refractivity contribution in [3.8, 4) is 5.75 Å². The molecule has 0 bridgehead atoms. The molecule has 0 radical (unpaired) electrons. The highest BCUT2D eigenvalue weighted by molar-refractivity contribution is 6.32. The van der Waals surface area contributed by atoms with E-state index in [0.29, 0.717) is 13.0 Å². The number of nitrogens with zero attached hydrogens (tertiary/aromatic N) is 1. The lowest BCUT2D eigenvalue weighted by Crippen LogP contribution is -2.50. The van der Waals surface area contributed by atoms with Gasteiger partial charge in [0, 0.05) is 18.2 Å². The van der Waals surface area contributed by atoms with Crippen LogP contribution >= 0.6 is 11.6 Å². The van der Waals surface area contributed by atoms with Gasteiger partial charge in [-0.05, 0) is 42.2 Å². The van der Waals surface area contributed by atoms with Crippen LogP contribution in [0.25, 0.3) is 0 Å². The zero-order valence-corrected chi connectivity index (χ0v) is 17.7. The molecule has 2 aromatic carbocycles. The molecule has 2 amide bonds. The third-order valence-electron chi connectivity index (χ3n) is 4.51. The molecule has 160 valence electrons. The summed E-state index contributed by atoms with van der Waals surface area (Å²) < 4.78 is 5.12. The Bertz CT molecular complexity index is 915. The molecule has 1 atom stereocenters. The molecule has 2 N–H and O–H groups in total. The third kappa shape index (κ3) is 6.18. The van der Waals surface area contributed by atoms with Gasteiger partial charge in [0.2, 0.25) is 5.91 Å². The van der Waals surface area contributed by atoms with Gasteiger partial charge in [-0.3, -0.25) is 19.7 Å². The number of carbonyl (C=O) groups is 2. The Labute approximate surface area is 179 Å². The number of nitrogens with one attached hydrogen (secondary N) is 2. The van der Waals surface area contributed by atoms with E-state index in [9.17, 15) is 19.7 Å². The molecule has 0 aromatic heterocycles. The number of hydrogen-bond donors (Lipinski definition) is 2. The Morgan fingerprint density at radius 3 is 2.40 bits per heavy atom. The van der Waals surface area contributed by atoms with Crippen LogP contribution in [-0.4, -0.2) is 36.4 Å². The number of halogens is 1. The van der Waals surface area contributed by atoms with Gasteiger partial charge >= 0.3 is 0 Å². The number of nitro benzene ring substituents is 1. The number of methoxy groups -OCH3 is 1. The van der Waals surface area contributed by atoms with Gasteiger partial charge < -0.3 is 15.4 Å². The summed E-state index contributed by atoms with van der Waals surface area (Å²) in [5.41, 5.74) is 0.729. The van der Waals surface area contributed by atoms with E-state index >= 15 is 0 Å². The molecule has 0 saturated heterocycles. The van der Waals surface area contributed by atoms with Crippen LogP contribution in [-0.2, 0) is 11.2 Å². The van der Waals surface area contributed by atoms with Crippen molar-refractivity contribution in [2.75, 3.05) is 13.7 Å². The summed E-state index contributed by atoms with van der Waals surface area (Å²) in [7, 11) is 1.60. The molecule has 8 nitrogen and oxygen atoms in total.